The monoisotopic (exact) mass is 388 g/mol. The molecule has 26 heavy (non-hydrogen) atoms. The third-order valence-electron chi connectivity index (χ3n) is 4.87. The van der Waals surface area contributed by atoms with Gasteiger partial charge in [-0.3, -0.25) is 15.0 Å². The van der Waals surface area contributed by atoms with Crippen LogP contribution < -0.4 is 11.0 Å². The van der Waals surface area contributed by atoms with Crippen LogP contribution in [0.4, 0.5) is 0 Å². The Balaban J connectivity index is 1.59. The predicted molar refractivity (Wildman–Crippen MR) is 106 cm³/mol. The van der Waals surface area contributed by atoms with Gasteiger partial charge in [-0.05, 0) is 37.9 Å². The van der Waals surface area contributed by atoms with Gasteiger partial charge in [0.15, 0.2) is 0 Å². The molecular formula is C18H20N4O2S2. The Morgan fingerprint density at radius 2 is 2.27 bits per heavy atom. The maximum absolute atomic E-state index is 12.9. The summed E-state index contributed by atoms with van der Waals surface area (Å²) in [7, 11) is 2.05. The molecule has 1 saturated heterocycles. The van der Waals surface area contributed by atoms with Crippen LogP contribution in [-0.4, -0.2) is 40.1 Å². The van der Waals surface area contributed by atoms with Crippen LogP contribution in [0, 0.1) is 0 Å². The molecular weight excluding hydrogens is 368 g/mol. The molecule has 1 amide bonds. The standard InChI is InChI=1S/C18H20N4O2S2/c1-21-7-3-2-5-12(21)9-15(23)20-22-11-19-17-16(18(22)24)13(10-26-17)14-6-4-8-25-14/h4,6,8,10-12H,2-3,5,7,9H2,1H3,(H,20,23). The molecule has 0 spiro atoms. The summed E-state index contributed by atoms with van der Waals surface area (Å²) < 4.78 is 1.22. The van der Waals surface area contributed by atoms with E-state index in [9.17, 15) is 9.59 Å². The van der Waals surface area contributed by atoms with Gasteiger partial charge in [0.2, 0.25) is 5.91 Å². The number of rotatable bonds is 4. The van der Waals surface area contributed by atoms with Crippen molar-refractivity contribution in [2.24, 2.45) is 0 Å². The predicted octanol–water partition coefficient (Wildman–Crippen LogP) is 3.13. The van der Waals surface area contributed by atoms with Crippen molar-refractivity contribution in [2.45, 2.75) is 31.7 Å². The van der Waals surface area contributed by atoms with Gasteiger partial charge in [0.1, 0.15) is 11.2 Å². The number of amides is 1. The molecule has 4 heterocycles. The fourth-order valence-electron chi connectivity index (χ4n) is 3.42. The first-order chi connectivity index (χ1) is 12.6. The minimum absolute atomic E-state index is 0.153. The lowest BCUT2D eigenvalue weighted by Gasteiger charge is -2.31. The van der Waals surface area contributed by atoms with Crippen molar-refractivity contribution in [1.82, 2.24) is 14.6 Å². The molecule has 4 rings (SSSR count). The summed E-state index contributed by atoms with van der Waals surface area (Å²) in [5.41, 5.74) is 3.37. The molecule has 1 unspecified atom stereocenters. The average molecular weight is 389 g/mol. The molecule has 3 aromatic rings. The number of nitrogens with one attached hydrogen (secondary N) is 1. The van der Waals surface area contributed by atoms with Gasteiger partial charge in [0.05, 0.1) is 5.39 Å². The van der Waals surface area contributed by atoms with Gasteiger partial charge in [-0.25, -0.2) is 9.66 Å². The second-order valence-electron chi connectivity index (χ2n) is 6.60. The van der Waals surface area contributed by atoms with E-state index in [4.69, 9.17) is 0 Å². The molecule has 1 N–H and O–H groups in total. The van der Waals surface area contributed by atoms with Crippen molar-refractivity contribution >= 4 is 38.8 Å². The number of likely N-dealkylation sites (tertiary alicyclic amines) is 1. The molecule has 0 bridgehead atoms. The lowest BCUT2D eigenvalue weighted by molar-refractivity contribution is -0.118. The first kappa shape index (κ1) is 17.4. The van der Waals surface area contributed by atoms with Crippen LogP contribution in [0.3, 0.4) is 0 Å². The minimum atomic E-state index is -0.231. The van der Waals surface area contributed by atoms with Crippen LogP contribution in [0.1, 0.15) is 25.7 Å². The van der Waals surface area contributed by atoms with Crippen LogP contribution in [0.2, 0.25) is 0 Å². The Kier molecular flexibility index (Phi) is 4.88. The minimum Gasteiger partial charge on any atom is -0.303 e. The third kappa shape index (κ3) is 3.32. The summed E-state index contributed by atoms with van der Waals surface area (Å²) >= 11 is 3.03. The highest BCUT2D eigenvalue weighted by atomic mass is 32.1. The molecule has 0 aromatic carbocycles. The van der Waals surface area contributed by atoms with E-state index in [0.717, 1.165) is 29.8 Å². The van der Waals surface area contributed by atoms with Crippen molar-refractivity contribution in [3.05, 3.63) is 39.6 Å². The van der Waals surface area contributed by atoms with Crippen LogP contribution in [0.15, 0.2) is 34.0 Å². The number of fused-ring (bicyclic) bond motifs is 1. The number of aromatic nitrogens is 2. The summed E-state index contributed by atoms with van der Waals surface area (Å²) in [5, 5.41) is 4.50. The van der Waals surface area contributed by atoms with Gasteiger partial charge in [0, 0.05) is 28.3 Å². The normalized spacial score (nSPS) is 18.3. The molecule has 1 fully saturated rings. The molecule has 0 saturated carbocycles. The first-order valence-electron chi connectivity index (χ1n) is 8.66. The lowest BCUT2D eigenvalue weighted by atomic mass is 10.00. The quantitative estimate of drug-likeness (QED) is 0.746. The summed E-state index contributed by atoms with van der Waals surface area (Å²) in [6.45, 7) is 1.02. The fraction of sp³-hybridized carbons (Fsp3) is 0.389. The van der Waals surface area contributed by atoms with E-state index in [2.05, 4.69) is 22.4 Å². The van der Waals surface area contributed by atoms with E-state index >= 15 is 0 Å². The van der Waals surface area contributed by atoms with E-state index in [1.807, 2.05) is 22.9 Å². The Labute approximate surface area is 159 Å². The number of thiophene rings is 2. The third-order valence-corrected chi connectivity index (χ3v) is 6.66. The number of hydrogen-bond donors (Lipinski definition) is 1. The van der Waals surface area contributed by atoms with Crippen molar-refractivity contribution in [2.75, 3.05) is 19.0 Å². The van der Waals surface area contributed by atoms with E-state index in [1.165, 1.54) is 28.8 Å². The zero-order chi connectivity index (χ0) is 18.1. The molecule has 1 aliphatic heterocycles. The van der Waals surface area contributed by atoms with Gasteiger partial charge >= 0.3 is 0 Å². The maximum Gasteiger partial charge on any atom is 0.281 e. The van der Waals surface area contributed by atoms with Crippen molar-refractivity contribution < 1.29 is 4.79 Å². The maximum atomic E-state index is 12.9. The number of piperidine rings is 1. The topological polar surface area (TPSA) is 67.2 Å². The van der Waals surface area contributed by atoms with Crippen LogP contribution in [-0.2, 0) is 4.79 Å². The van der Waals surface area contributed by atoms with Crippen molar-refractivity contribution in [3.8, 4) is 10.4 Å². The Morgan fingerprint density at radius 1 is 1.38 bits per heavy atom. The van der Waals surface area contributed by atoms with Gasteiger partial charge in [0.25, 0.3) is 5.56 Å². The zero-order valence-corrected chi connectivity index (χ0v) is 16.1. The number of carbonyl (C=O) groups is 1. The first-order valence-corrected chi connectivity index (χ1v) is 10.4. The lowest BCUT2D eigenvalue weighted by Crippen LogP contribution is -2.41. The fourth-order valence-corrected chi connectivity index (χ4v) is 5.14. The van der Waals surface area contributed by atoms with Gasteiger partial charge in [-0.15, -0.1) is 22.7 Å². The van der Waals surface area contributed by atoms with E-state index in [-0.39, 0.29) is 17.5 Å². The molecule has 6 nitrogen and oxygen atoms in total. The summed E-state index contributed by atoms with van der Waals surface area (Å²) in [6, 6.07) is 4.18. The van der Waals surface area contributed by atoms with Gasteiger partial charge in [-0.1, -0.05) is 12.5 Å². The highest BCUT2D eigenvalue weighted by molar-refractivity contribution is 7.18. The average Bonchev–Trinajstić information content (AvgIpc) is 3.29. The number of hydrogen-bond acceptors (Lipinski definition) is 6. The summed E-state index contributed by atoms with van der Waals surface area (Å²) in [4.78, 5) is 33.6. The molecule has 136 valence electrons. The molecule has 0 radical (unpaired) electrons. The molecule has 3 aromatic heterocycles. The van der Waals surface area contributed by atoms with E-state index in [0.29, 0.717) is 16.6 Å². The van der Waals surface area contributed by atoms with E-state index < -0.39 is 0 Å². The second kappa shape index (κ2) is 7.30. The highest BCUT2D eigenvalue weighted by Gasteiger charge is 2.22. The zero-order valence-electron chi connectivity index (χ0n) is 14.5. The Bertz CT molecular complexity index is 977. The van der Waals surface area contributed by atoms with Crippen molar-refractivity contribution in [3.63, 3.8) is 0 Å². The Hall–Kier alpha value is -2.03. The molecule has 1 atom stereocenters. The van der Waals surface area contributed by atoms with Gasteiger partial charge in [-0.2, -0.15) is 0 Å². The molecule has 1 aliphatic rings. The smallest absolute Gasteiger partial charge is 0.281 e. The van der Waals surface area contributed by atoms with Crippen LogP contribution >= 0.6 is 22.7 Å². The highest BCUT2D eigenvalue weighted by Crippen LogP contribution is 2.33. The number of nitrogens with zero attached hydrogens (tertiary/aromatic N) is 3. The summed E-state index contributed by atoms with van der Waals surface area (Å²) in [5.74, 6) is -0.153. The second-order valence-corrected chi connectivity index (χ2v) is 8.40. The largest absolute Gasteiger partial charge is 0.303 e. The number of carbonyl (C=O) groups excluding carboxylic acids is 1. The van der Waals surface area contributed by atoms with E-state index in [1.54, 1.807) is 11.3 Å². The molecule has 0 aliphatic carbocycles. The van der Waals surface area contributed by atoms with Gasteiger partial charge < -0.3 is 4.90 Å². The van der Waals surface area contributed by atoms with Crippen LogP contribution in [0.25, 0.3) is 20.7 Å². The van der Waals surface area contributed by atoms with Crippen LogP contribution in [0.5, 0.6) is 0 Å². The summed E-state index contributed by atoms with van der Waals surface area (Å²) in [6.07, 6.45) is 5.14. The van der Waals surface area contributed by atoms with Crippen molar-refractivity contribution in [1.29, 1.82) is 0 Å². The SMILES string of the molecule is CN1CCCCC1CC(=O)Nn1cnc2scc(-c3cccs3)c2c1=O. The molecule has 8 heteroatoms. The Morgan fingerprint density at radius 3 is 3.04 bits per heavy atom.